The summed E-state index contributed by atoms with van der Waals surface area (Å²) in [5.74, 6) is -0.261. The lowest BCUT2D eigenvalue weighted by molar-refractivity contribution is 0.00113. The fraction of sp³-hybridized carbons (Fsp3) is 0.625. The Bertz CT molecular complexity index is 422. The predicted molar refractivity (Wildman–Crippen MR) is 80.6 cm³/mol. The molecular formula is C16H25FN2O2. The highest BCUT2D eigenvalue weighted by molar-refractivity contribution is 5.16. The van der Waals surface area contributed by atoms with E-state index < -0.39 is 6.10 Å². The Morgan fingerprint density at radius 1 is 1.19 bits per heavy atom. The van der Waals surface area contributed by atoms with Crippen LogP contribution in [0.2, 0.25) is 0 Å². The summed E-state index contributed by atoms with van der Waals surface area (Å²) in [6.07, 6.45) is -0.523. The Morgan fingerprint density at radius 2 is 1.86 bits per heavy atom. The predicted octanol–water partition coefficient (Wildman–Crippen LogP) is 1.34. The molecule has 1 aliphatic rings. The molecule has 0 aliphatic carbocycles. The summed E-state index contributed by atoms with van der Waals surface area (Å²) >= 11 is 0. The van der Waals surface area contributed by atoms with Crippen LogP contribution in [0.4, 0.5) is 4.39 Å². The molecule has 5 heteroatoms. The van der Waals surface area contributed by atoms with Crippen molar-refractivity contribution in [1.82, 2.24) is 9.80 Å². The third-order valence-electron chi connectivity index (χ3n) is 3.91. The maximum Gasteiger partial charge on any atom is 0.128 e. The van der Waals surface area contributed by atoms with Gasteiger partial charge in [-0.15, -0.1) is 0 Å². The van der Waals surface area contributed by atoms with Crippen LogP contribution in [0.5, 0.6) is 0 Å². The van der Waals surface area contributed by atoms with E-state index in [1.807, 2.05) is 0 Å². The summed E-state index contributed by atoms with van der Waals surface area (Å²) < 4.78 is 18.8. The minimum absolute atomic E-state index is 0.202. The number of hydrogen-bond acceptors (Lipinski definition) is 4. The van der Waals surface area contributed by atoms with Gasteiger partial charge >= 0.3 is 0 Å². The number of piperazine rings is 1. The monoisotopic (exact) mass is 296 g/mol. The second-order valence-electron chi connectivity index (χ2n) is 5.50. The van der Waals surface area contributed by atoms with Crippen LogP contribution in [0.15, 0.2) is 24.3 Å². The van der Waals surface area contributed by atoms with E-state index in [9.17, 15) is 9.50 Å². The molecule has 4 nitrogen and oxygen atoms in total. The van der Waals surface area contributed by atoms with Crippen molar-refractivity contribution >= 4 is 0 Å². The van der Waals surface area contributed by atoms with Gasteiger partial charge in [0.25, 0.3) is 0 Å². The topological polar surface area (TPSA) is 35.9 Å². The highest BCUT2D eigenvalue weighted by atomic mass is 19.1. The van der Waals surface area contributed by atoms with Crippen LogP contribution in [0.1, 0.15) is 12.5 Å². The first kappa shape index (κ1) is 16.4. The van der Waals surface area contributed by atoms with Gasteiger partial charge in [-0.05, 0) is 12.6 Å². The quantitative estimate of drug-likeness (QED) is 0.824. The molecule has 0 spiro atoms. The normalized spacial score (nSPS) is 18.8. The molecule has 118 valence electrons. The summed E-state index contributed by atoms with van der Waals surface area (Å²) in [4.78, 5) is 4.65. The first-order valence-electron chi connectivity index (χ1n) is 7.63. The molecule has 0 radical (unpaired) electrons. The van der Waals surface area contributed by atoms with Crippen molar-refractivity contribution in [3.8, 4) is 0 Å². The molecule has 1 heterocycles. The number of likely N-dealkylation sites (N-methyl/N-ethyl adjacent to an activating group) is 1. The van der Waals surface area contributed by atoms with E-state index in [1.165, 1.54) is 6.07 Å². The number of hydrogen-bond donors (Lipinski definition) is 1. The molecule has 1 aromatic rings. The zero-order chi connectivity index (χ0) is 15.1. The average Bonchev–Trinajstić information content (AvgIpc) is 2.50. The number of halogens is 1. The van der Waals surface area contributed by atoms with Crippen molar-refractivity contribution in [1.29, 1.82) is 0 Å². The largest absolute Gasteiger partial charge is 0.389 e. The van der Waals surface area contributed by atoms with Gasteiger partial charge in [0.1, 0.15) is 5.82 Å². The standard InChI is InChI=1S/C16H25FN2O2/c1-2-18-7-9-19(10-8-18)11-15(20)13-21-12-14-5-3-4-6-16(14)17/h3-6,15,20H,2,7-13H2,1H3/t15-/m1/s1. The third kappa shape index (κ3) is 5.36. The van der Waals surface area contributed by atoms with Gasteiger partial charge in [0.05, 0.1) is 19.3 Å². The Balaban J connectivity index is 1.64. The van der Waals surface area contributed by atoms with Crippen molar-refractivity contribution in [3.05, 3.63) is 35.6 Å². The summed E-state index contributed by atoms with van der Waals surface area (Å²) in [7, 11) is 0. The molecule has 0 amide bonds. The Labute approximate surface area is 126 Å². The zero-order valence-corrected chi connectivity index (χ0v) is 12.7. The molecule has 1 aliphatic heterocycles. The summed E-state index contributed by atoms with van der Waals surface area (Å²) in [6.45, 7) is 8.39. The van der Waals surface area contributed by atoms with E-state index in [-0.39, 0.29) is 19.0 Å². The summed E-state index contributed by atoms with van der Waals surface area (Å²) in [6, 6.07) is 6.56. The maximum atomic E-state index is 13.4. The smallest absolute Gasteiger partial charge is 0.128 e. The van der Waals surface area contributed by atoms with Gasteiger partial charge in [0, 0.05) is 38.3 Å². The van der Waals surface area contributed by atoms with Gasteiger partial charge in [-0.25, -0.2) is 4.39 Å². The van der Waals surface area contributed by atoms with E-state index in [0.29, 0.717) is 12.1 Å². The minimum Gasteiger partial charge on any atom is -0.389 e. The number of aliphatic hydroxyl groups excluding tert-OH is 1. The number of aliphatic hydroxyl groups is 1. The van der Waals surface area contributed by atoms with Crippen molar-refractivity contribution in [2.45, 2.75) is 19.6 Å². The minimum atomic E-state index is -0.523. The first-order valence-corrected chi connectivity index (χ1v) is 7.63. The average molecular weight is 296 g/mol. The fourth-order valence-corrected chi connectivity index (χ4v) is 2.56. The molecule has 1 saturated heterocycles. The molecule has 0 aromatic heterocycles. The second kappa shape index (κ2) is 8.44. The summed E-state index contributed by atoms with van der Waals surface area (Å²) in [5, 5.41) is 10.00. The maximum absolute atomic E-state index is 13.4. The van der Waals surface area contributed by atoms with Crippen LogP contribution in [-0.2, 0) is 11.3 Å². The van der Waals surface area contributed by atoms with E-state index in [0.717, 1.165) is 32.7 Å². The lowest BCUT2D eigenvalue weighted by Gasteiger charge is -2.34. The molecule has 2 rings (SSSR count). The second-order valence-corrected chi connectivity index (χ2v) is 5.50. The zero-order valence-electron chi connectivity index (χ0n) is 12.7. The van der Waals surface area contributed by atoms with Crippen molar-refractivity contribution in [2.75, 3.05) is 45.9 Å². The van der Waals surface area contributed by atoms with Gasteiger partial charge in [0.15, 0.2) is 0 Å². The number of ether oxygens (including phenoxy) is 1. The Kier molecular flexibility index (Phi) is 6.57. The molecule has 21 heavy (non-hydrogen) atoms. The van der Waals surface area contributed by atoms with Crippen molar-refractivity contribution in [2.24, 2.45) is 0 Å². The van der Waals surface area contributed by atoms with Crippen LogP contribution in [0.3, 0.4) is 0 Å². The Morgan fingerprint density at radius 3 is 2.52 bits per heavy atom. The third-order valence-corrected chi connectivity index (χ3v) is 3.91. The molecular weight excluding hydrogens is 271 g/mol. The van der Waals surface area contributed by atoms with E-state index in [4.69, 9.17) is 4.74 Å². The van der Waals surface area contributed by atoms with E-state index >= 15 is 0 Å². The number of rotatable bonds is 7. The van der Waals surface area contributed by atoms with Crippen LogP contribution >= 0.6 is 0 Å². The first-order chi connectivity index (χ1) is 10.2. The molecule has 0 bridgehead atoms. The number of β-amino-alcohol motifs (C(OH)–C–C–N with tert-alkyl or cyclic N) is 1. The number of benzene rings is 1. The lowest BCUT2D eigenvalue weighted by atomic mass is 10.2. The van der Waals surface area contributed by atoms with Crippen molar-refractivity contribution in [3.63, 3.8) is 0 Å². The van der Waals surface area contributed by atoms with Gasteiger partial charge in [-0.3, -0.25) is 4.90 Å². The van der Waals surface area contributed by atoms with Crippen LogP contribution in [-0.4, -0.2) is 66.9 Å². The summed E-state index contributed by atoms with van der Waals surface area (Å²) in [5.41, 5.74) is 0.529. The van der Waals surface area contributed by atoms with Crippen molar-refractivity contribution < 1.29 is 14.2 Å². The SMILES string of the molecule is CCN1CCN(C[C@@H](O)COCc2ccccc2F)CC1. The van der Waals surface area contributed by atoms with Crippen LogP contribution in [0, 0.1) is 5.82 Å². The van der Waals surface area contributed by atoms with Gasteiger partial charge in [-0.1, -0.05) is 25.1 Å². The van der Waals surface area contributed by atoms with E-state index in [2.05, 4.69) is 16.7 Å². The number of nitrogens with zero attached hydrogens (tertiary/aromatic N) is 2. The van der Waals surface area contributed by atoms with Gasteiger partial charge in [0.2, 0.25) is 0 Å². The fourth-order valence-electron chi connectivity index (χ4n) is 2.56. The van der Waals surface area contributed by atoms with E-state index in [1.54, 1.807) is 18.2 Å². The molecule has 1 atom stereocenters. The van der Waals surface area contributed by atoms with Gasteiger partial charge < -0.3 is 14.7 Å². The molecule has 1 aromatic carbocycles. The molecule has 1 fully saturated rings. The molecule has 1 N–H and O–H groups in total. The highest BCUT2D eigenvalue weighted by Gasteiger charge is 2.18. The Hall–Kier alpha value is -1.01. The highest BCUT2D eigenvalue weighted by Crippen LogP contribution is 2.08. The van der Waals surface area contributed by atoms with Crippen LogP contribution in [0.25, 0.3) is 0 Å². The van der Waals surface area contributed by atoms with Crippen LogP contribution < -0.4 is 0 Å². The van der Waals surface area contributed by atoms with Gasteiger partial charge in [-0.2, -0.15) is 0 Å². The molecule has 0 saturated carbocycles. The molecule has 0 unspecified atom stereocenters. The lowest BCUT2D eigenvalue weighted by Crippen LogP contribution is -2.48.